The largest absolute Gasteiger partial charge is 0.463 e. The molecule has 0 amide bonds. The van der Waals surface area contributed by atoms with E-state index in [-0.39, 0.29) is 12.3 Å². The van der Waals surface area contributed by atoms with E-state index >= 15 is 0 Å². The molecule has 2 aromatic carbocycles. The number of carbonyl (C=O) groups is 1. The Balaban J connectivity index is 2.45. The van der Waals surface area contributed by atoms with Gasteiger partial charge >= 0.3 is 12.1 Å². The number of unbranched alkanes of at least 4 members (excludes halogenated alkanes) is 2. The zero-order chi connectivity index (χ0) is 25.1. The van der Waals surface area contributed by atoms with Gasteiger partial charge in [-0.05, 0) is 69.1 Å². The maximum atomic E-state index is 13.2. The van der Waals surface area contributed by atoms with Gasteiger partial charge in [-0.2, -0.15) is 13.2 Å². The molecule has 0 aliphatic rings. The number of nitrogens with two attached hydrogens (primary N) is 1. The third-order valence-electron chi connectivity index (χ3n) is 5.14. The molecule has 2 rings (SSSR count). The summed E-state index contributed by atoms with van der Waals surface area (Å²) in [6.07, 6.45) is -1.53. The highest BCUT2D eigenvalue weighted by Crippen LogP contribution is 2.32. The van der Waals surface area contributed by atoms with Crippen molar-refractivity contribution in [1.82, 2.24) is 5.32 Å². The van der Waals surface area contributed by atoms with Crippen molar-refractivity contribution in [3.8, 4) is 0 Å². The maximum Gasteiger partial charge on any atom is 0.416 e. The number of hydrogen-bond donors (Lipinski definition) is 3. The van der Waals surface area contributed by atoms with Gasteiger partial charge in [0.05, 0.1) is 23.8 Å². The summed E-state index contributed by atoms with van der Waals surface area (Å²) >= 11 is 3.42. The molecule has 2 aromatic rings. The number of esters is 1. The first-order valence-corrected chi connectivity index (χ1v) is 12.3. The van der Waals surface area contributed by atoms with E-state index in [9.17, 15) is 18.0 Å². The number of rotatable bonds is 12. The Morgan fingerprint density at radius 1 is 1.12 bits per heavy atom. The summed E-state index contributed by atoms with van der Waals surface area (Å²) < 4.78 is 44.8. The molecular weight excluding hydrogens is 511 g/mol. The molecule has 1 atom stereocenters. The monoisotopic (exact) mass is 541 g/mol. The highest BCUT2D eigenvalue weighted by Gasteiger charge is 2.31. The van der Waals surface area contributed by atoms with Crippen LogP contribution in [0.3, 0.4) is 0 Å². The van der Waals surface area contributed by atoms with E-state index in [2.05, 4.69) is 26.6 Å². The van der Waals surface area contributed by atoms with Crippen LogP contribution in [0.5, 0.6) is 0 Å². The quantitative estimate of drug-likeness (QED) is 0.0948. The van der Waals surface area contributed by atoms with Crippen molar-refractivity contribution in [2.75, 3.05) is 29.5 Å². The molecule has 0 aromatic heterocycles. The Morgan fingerprint density at radius 3 is 2.44 bits per heavy atom. The third kappa shape index (κ3) is 8.36. The molecule has 0 saturated heterocycles. The number of alkyl halides is 4. The molecule has 0 heterocycles. The van der Waals surface area contributed by atoms with Crippen LogP contribution in [-0.2, 0) is 15.7 Å². The normalized spacial score (nSPS) is 13.2. The number of nitrogens with one attached hydrogen (secondary N) is 2. The van der Waals surface area contributed by atoms with Crippen LogP contribution in [0.2, 0.25) is 0 Å². The van der Waals surface area contributed by atoms with Crippen molar-refractivity contribution in [2.45, 2.75) is 45.3 Å². The Bertz CT molecular complexity index is 963. The van der Waals surface area contributed by atoms with Crippen LogP contribution < -0.4 is 16.4 Å². The van der Waals surface area contributed by atoms with Gasteiger partial charge in [-0.25, -0.2) is 4.79 Å². The molecule has 0 unspecified atom stereocenters. The highest BCUT2D eigenvalue weighted by molar-refractivity contribution is 9.09. The number of hydrogen-bond acceptors (Lipinski definition) is 5. The Kier molecular flexibility index (Phi) is 10.9. The van der Waals surface area contributed by atoms with Crippen molar-refractivity contribution in [2.24, 2.45) is 0 Å². The van der Waals surface area contributed by atoms with Crippen LogP contribution in [0, 0.1) is 0 Å². The Labute approximate surface area is 207 Å². The standard InChI is InChI=1S/C25H31BrF3N3O2/c1-3-34-24(33)22(17(2)32-21-9-7-8-19(16-21)25(27,28)29)23(31-15-6-4-5-14-26)18-10-12-20(30)13-11-18/h7-13,16,23,31-32H,3-6,14-15,30H2,1-2H3/b22-17+/t23-/m1/s1. The van der Waals surface area contributed by atoms with E-state index in [0.29, 0.717) is 23.5 Å². The number of anilines is 2. The van der Waals surface area contributed by atoms with Gasteiger partial charge < -0.3 is 21.1 Å². The molecule has 5 nitrogen and oxygen atoms in total. The minimum Gasteiger partial charge on any atom is -0.463 e. The molecule has 0 fully saturated rings. The van der Waals surface area contributed by atoms with Gasteiger partial charge in [0.25, 0.3) is 0 Å². The minimum atomic E-state index is -4.47. The first-order chi connectivity index (χ1) is 16.2. The van der Waals surface area contributed by atoms with Crippen LogP contribution in [0.4, 0.5) is 24.5 Å². The summed E-state index contributed by atoms with van der Waals surface area (Å²) in [5.74, 6) is -0.547. The fourth-order valence-electron chi connectivity index (χ4n) is 3.47. The zero-order valence-corrected chi connectivity index (χ0v) is 20.9. The van der Waals surface area contributed by atoms with Crippen LogP contribution in [-0.4, -0.2) is 24.5 Å². The van der Waals surface area contributed by atoms with Gasteiger partial charge in [0.2, 0.25) is 0 Å². The van der Waals surface area contributed by atoms with Crippen LogP contribution >= 0.6 is 15.9 Å². The Hall–Kier alpha value is -2.52. The summed E-state index contributed by atoms with van der Waals surface area (Å²) in [6, 6.07) is 11.4. The average molecular weight is 542 g/mol. The molecule has 34 heavy (non-hydrogen) atoms. The van der Waals surface area contributed by atoms with Gasteiger partial charge in [-0.1, -0.05) is 40.5 Å². The molecule has 0 aliphatic carbocycles. The summed E-state index contributed by atoms with van der Waals surface area (Å²) in [7, 11) is 0. The number of allylic oxidation sites excluding steroid dienone is 1. The second-order valence-electron chi connectivity index (χ2n) is 7.77. The molecule has 0 bridgehead atoms. The molecule has 0 spiro atoms. The molecule has 0 saturated carbocycles. The number of halogens is 4. The lowest BCUT2D eigenvalue weighted by atomic mass is 9.96. The summed E-state index contributed by atoms with van der Waals surface area (Å²) in [5.41, 5.74) is 7.36. The minimum absolute atomic E-state index is 0.166. The van der Waals surface area contributed by atoms with Gasteiger partial charge in [0, 0.05) is 22.4 Å². The predicted molar refractivity (Wildman–Crippen MR) is 134 cm³/mol. The zero-order valence-electron chi connectivity index (χ0n) is 19.3. The third-order valence-corrected chi connectivity index (χ3v) is 5.70. The van der Waals surface area contributed by atoms with E-state index in [4.69, 9.17) is 10.5 Å². The van der Waals surface area contributed by atoms with Crippen molar-refractivity contribution in [3.63, 3.8) is 0 Å². The molecule has 4 N–H and O–H groups in total. The van der Waals surface area contributed by atoms with Gasteiger partial charge in [-0.15, -0.1) is 0 Å². The molecule has 186 valence electrons. The second-order valence-corrected chi connectivity index (χ2v) is 8.56. The fraction of sp³-hybridized carbons (Fsp3) is 0.400. The number of carbonyl (C=O) groups excluding carboxylic acids is 1. The van der Waals surface area contributed by atoms with Crippen LogP contribution in [0.1, 0.15) is 50.3 Å². The van der Waals surface area contributed by atoms with Gasteiger partial charge in [-0.3, -0.25) is 0 Å². The first kappa shape index (κ1) is 27.7. The predicted octanol–water partition coefficient (Wildman–Crippen LogP) is 6.43. The lowest BCUT2D eigenvalue weighted by molar-refractivity contribution is -0.139. The van der Waals surface area contributed by atoms with Crippen LogP contribution in [0.15, 0.2) is 59.8 Å². The van der Waals surface area contributed by atoms with E-state index in [0.717, 1.165) is 42.3 Å². The smallest absolute Gasteiger partial charge is 0.416 e. The van der Waals surface area contributed by atoms with Crippen molar-refractivity contribution in [3.05, 3.63) is 70.9 Å². The van der Waals surface area contributed by atoms with E-state index in [1.54, 1.807) is 26.0 Å². The summed E-state index contributed by atoms with van der Waals surface area (Å²) in [5, 5.41) is 7.31. The second kappa shape index (κ2) is 13.4. The Morgan fingerprint density at radius 2 is 1.82 bits per heavy atom. The van der Waals surface area contributed by atoms with E-state index < -0.39 is 23.8 Å². The molecule has 0 radical (unpaired) electrons. The van der Waals surface area contributed by atoms with Crippen molar-refractivity contribution >= 4 is 33.3 Å². The SMILES string of the molecule is CCOC(=O)/C(=C(\C)Nc1cccc(C(F)(F)F)c1)[C@H](NCCCCCBr)c1ccc(N)cc1. The summed E-state index contributed by atoms with van der Waals surface area (Å²) in [6.45, 7) is 4.17. The number of ether oxygens (including phenoxy) is 1. The van der Waals surface area contributed by atoms with Gasteiger partial charge in [0.1, 0.15) is 0 Å². The molecule has 0 aliphatic heterocycles. The number of nitrogen functional groups attached to an aromatic ring is 1. The number of benzene rings is 2. The lowest BCUT2D eigenvalue weighted by Crippen LogP contribution is -2.30. The first-order valence-electron chi connectivity index (χ1n) is 11.1. The highest BCUT2D eigenvalue weighted by atomic mass is 79.9. The van der Waals surface area contributed by atoms with Crippen molar-refractivity contribution in [1.29, 1.82) is 0 Å². The average Bonchev–Trinajstić information content (AvgIpc) is 2.78. The topological polar surface area (TPSA) is 76.4 Å². The van der Waals surface area contributed by atoms with E-state index in [1.165, 1.54) is 12.1 Å². The van der Waals surface area contributed by atoms with E-state index in [1.807, 2.05) is 12.1 Å². The lowest BCUT2D eigenvalue weighted by Gasteiger charge is -2.24. The van der Waals surface area contributed by atoms with Crippen LogP contribution in [0.25, 0.3) is 0 Å². The summed E-state index contributed by atoms with van der Waals surface area (Å²) in [4.78, 5) is 13.0. The fourth-order valence-corrected chi connectivity index (χ4v) is 3.87. The molecular formula is C25H31BrF3N3O2. The van der Waals surface area contributed by atoms with Crippen molar-refractivity contribution < 1.29 is 22.7 Å². The van der Waals surface area contributed by atoms with Gasteiger partial charge in [0.15, 0.2) is 0 Å². The molecule has 9 heteroatoms. The maximum absolute atomic E-state index is 13.2.